The Hall–Kier alpha value is -2.34. The largest absolute Gasteiger partial charge is 0.444 e. The van der Waals surface area contributed by atoms with Crippen molar-refractivity contribution in [1.29, 1.82) is 0 Å². The normalized spacial score (nSPS) is 16.2. The zero-order valence-electron chi connectivity index (χ0n) is 18.3. The van der Waals surface area contributed by atoms with E-state index in [2.05, 4.69) is 58.6 Å². The molecule has 1 aliphatic rings. The van der Waals surface area contributed by atoms with Gasteiger partial charge < -0.3 is 15.1 Å². The number of nitrogens with one attached hydrogen (secondary N) is 2. The average Bonchev–Trinajstić information content (AvgIpc) is 3.04. The zero-order chi connectivity index (χ0) is 20.6. The van der Waals surface area contributed by atoms with Gasteiger partial charge in [-0.25, -0.2) is 9.98 Å². The molecule has 6 nitrogen and oxygen atoms in total. The van der Waals surface area contributed by atoms with E-state index in [-0.39, 0.29) is 0 Å². The number of hydrogen-bond donors (Lipinski definition) is 2. The molecule has 1 saturated heterocycles. The van der Waals surface area contributed by atoms with Crippen LogP contribution in [0.25, 0.3) is 0 Å². The fraction of sp³-hybridized carbons (Fsp3) is 0.565. The minimum Gasteiger partial charge on any atom is -0.444 e. The van der Waals surface area contributed by atoms with Gasteiger partial charge in [0.15, 0.2) is 5.96 Å². The Morgan fingerprint density at radius 3 is 2.66 bits per heavy atom. The Labute approximate surface area is 174 Å². The number of piperidine rings is 1. The summed E-state index contributed by atoms with van der Waals surface area (Å²) in [6.45, 7) is 13.7. The number of likely N-dealkylation sites (tertiary alicyclic amines) is 1. The molecular formula is C23H35N5O. The molecule has 1 aromatic carbocycles. The predicted molar refractivity (Wildman–Crippen MR) is 118 cm³/mol. The Morgan fingerprint density at radius 2 is 1.97 bits per heavy atom. The van der Waals surface area contributed by atoms with Crippen molar-refractivity contribution in [2.24, 2.45) is 10.9 Å². The van der Waals surface area contributed by atoms with Gasteiger partial charge in [0.2, 0.25) is 5.89 Å². The number of aliphatic imine (C=N–C) groups is 1. The quantitative estimate of drug-likeness (QED) is 0.550. The van der Waals surface area contributed by atoms with E-state index in [0.29, 0.717) is 19.0 Å². The molecule has 6 heteroatoms. The predicted octanol–water partition coefficient (Wildman–Crippen LogP) is 3.78. The lowest BCUT2D eigenvalue weighted by atomic mass is 9.98. The molecule has 1 aromatic heterocycles. The van der Waals surface area contributed by atoms with Crippen molar-refractivity contribution in [3.05, 3.63) is 52.7 Å². The second-order valence-corrected chi connectivity index (χ2v) is 8.08. The van der Waals surface area contributed by atoms with E-state index < -0.39 is 0 Å². The minimum atomic E-state index is 0.522. The fourth-order valence-corrected chi connectivity index (χ4v) is 3.59. The molecule has 0 bridgehead atoms. The number of aromatic nitrogens is 1. The van der Waals surface area contributed by atoms with Gasteiger partial charge in [0.25, 0.3) is 0 Å². The third-order valence-corrected chi connectivity index (χ3v) is 5.52. The topological polar surface area (TPSA) is 65.7 Å². The van der Waals surface area contributed by atoms with Crippen LogP contribution in [0.15, 0.2) is 33.7 Å². The third-order valence-electron chi connectivity index (χ3n) is 5.52. The van der Waals surface area contributed by atoms with Gasteiger partial charge in [-0.2, -0.15) is 0 Å². The molecule has 29 heavy (non-hydrogen) atoms. The van der Waals surface area contributed by atoms with E-state index in [9.17, 15) is 0 Å². The van der Waals surface area contributed by atoms with E-state index in [1.165, 1.54) is 37.1 Å². The molecule has 3 rings (SSSR count). The monoisotopic (exact) mass is 397 g/mol. The van der Waals surface area contributed by atoms with Gasteiger partial charge in [-0.3, -0.25) is 4.90 Å². The van der Waals surface area contributed by atoms with Crippen LogP contribution in [0.2, 0.25) is 0 Å². The molecular weight excluding hydrogens is 362 g/mol. The maximum atomic E-state index is 5.64. The lowest BCUT2D eigenvalue weighted by molar-refractivity contribution is 0.185. The minimum absolute atomic E-state index is 0.522. The molecule has 1 fully saturated rings. The van der Waals surface area contributed by atoms with Crippen molar-refractivity contribution >= 4 is 5.96 Å². The van der Waals surface area contributed by atoms with Gasteiger partial charge in [-0.15, -0.1) is 0 Å². The van der Waals surface area contributed by atoms with Crippen LogP contribution in [-0.2, 0) is 19.6 Å². The van der Waals surface area contributed by atoms with Crippen LogP contribution >= 0.6 is 0 Å². The smallest absolute Gasteiger partial charge is 0.214 e. The number of oxazole rings is 1. The Morgan fingerprint density at radius 1 is 1.21 bits per heavy atom. The number of benzene rings is 1. The van der Waals surface area contributed by atoms with Crippen LogP contribution in [0.4, 0.5) is 0 Å². The van der Waals surface area contributed by atoms with Crippen molar-refractivity contribution < 1.29 is 4.42 Å². The summed E-state index contributed by atoms with van der Waals surface area (Å²) < 4.78 is 5.64. The molecule has 0 aliphatic carbocycles. The molecule has 0 radical (unpaired) electrons. The van der Waals surface area contributed by atoms with Gasteiger partial charge in [0.1, 0.15) is 5.76 Å². The van der Waals surface area contributed by atoms with Crippen LogP contribution in [0.5, 0.6) is 0 Å². The summed E-state index contributed by atoms with van der Waals surface area (Å²) in [5.74, 6) is 3.19. The highest BCUT2D eigenvalue weighted by Crippen LogP contribution is 2.18. The van der Waals surface area contributed by atoms with Gasteiger partial charge in [0, 0.05) is 13.1 Å². The number of nitrogens with zero attached hydrogens (tertiary/aromatic N) is 3. The highest BCUT2D eigenvalue weighted by Gasteiger charge is 2.15. The molecule has 158 valence electrons. The summed E-state index contributed by atoms with van der Waals surface area (Å²) >= 11 is 0. The zero-order valence-corrected chi connectivity index (χ0v) is 18.3. The van der Waals surface area contributed by atoms with Crippen LogP contribution < -0.4 is 10.6 Å². The van der Waals surface area contributed by atoms with E-state index in [1.807, 2.05) is 13.8 Å². The highest BCUT2D eigenvalue weighted by atomic mass is 16.4. The molecule has 0 spiro atoms. The molecule has 0 unspecified atom stereocenters. The summed E-state index contributed by atoms with van der Waals surface area (Å²) in [6, 6.07) is 8.80. The Kier molecular flexibility index (Phi) is 7.69. The van der Waals surface area contributed by atoms with Gasteiger partial charge >= 0.3 is 0 Å². The van der Waals surface area contributed by atoms with Crippen molar-refractivity contribution in [2.45, 2.75) is 60.2 Å². The van der Waals surface area contributed by atoms with Gasteiger partial charge in [-0.05, 0) is 63.7 Å². The Balaban J connectivity index is 1.56. The SMILES string of the molecule is CCNC(=NCc1cccc(CN2CCC(C)CC2)c1)NCc1nc(C)c(C)o1. The van der Waals surface area contributed by atoms with Crippen LogP contribution in [0, 0.1) is 19.8 Å². The molecule has 2 N–H and O–H groups in total. The number of rotatable bonds is 7. The van der Waals surface area contributed by atoms with Gasteiger partial charge in [-0.1, -0.05) is 31.2 Å². The lowest BCUT2D eigenvalue weighted by Crippen LogP contribution is -2.36. The fourth-order valence-electron chi connectivity index (χ4n) is 3.59. The third kappa shape index (κ3) is 6.60. The first-order valence-corrected chi connectivity index (χ1v) is 10.8. The maximum Gasteiger partial charge on any atom is 0.214 e. The van der Waals surface area contributed by atoms with Gasteiger partial charge in [0.05, 0.1) is 18.8 Å². The second-order valence-electron chi connectivity index (χ2n) is 8.08. The second kappa shape index (κ2) is 10.4. The average molecular weight is 398 g/mol. The van der Waals surface area contributed by atoms with Crippen LogP contribution in [-0.4, -0.2) is 35.5 Å². The first kappa shape index (κ1) is 21.4. The van der Waals surface area contributed by atoms with Crippen molar-refractivity contribution in [3.63, 3.8) is 0 Å². The van der Waals surface area contributed by atoms with Crippen molar-refractivity contribution in [2.75, 3.05) is 19.6 Å². The highest BCUT2D eigenvalue weighted by molar-refractivity contribution is 5.79. The molecule has 0 atom stereocenters. The maximum absolute atomic E-state index is 5.64. The Bertz CT molecular complexity index is 786. The summed E-state index contributed by atoms with van der Waals surface area (Å²) in [7, 11) is 0. The van der Waals surface area contributed by atoms with E-state index >= 15 is 0 Å². The molecule has 0 amide bonds. The first-order chi connectivity index (χ1) is 14.0. The van der Waals surface area contributed by atoms with Crippen molar-refractivity contribution in [1.82, 2.24) is 20.5 Å². The summed E-state index contributed by atoms with van der Waals surface area (Å²) in [5.41, 5.74) is 3.53. The lowest BCUT2D eigenvalue weighted by Gasteiger charge is -2.30. The number of aryl methyl sites for hydroxylation is 2. The first-order valence-electron chi connectivity index (χ1n) is 10.8. The summed E-state index contributed by atoms with van der Waals surface area (Å²) in [5, 5.41) is 6.60. The van der Waals surface area contributed by atoms with Crippen LogP contribution in [0.1, 0.15) is 55.2 Å². The molecule has 2 aromatic rings. The standard InChI is InChI=1S/C23H35N5O/c1-5-24-23(26-15-22-27-18(3)19(4)29-22)25-14-20-7-6-8-21(13-20)16-28-11-9-17(2)10-12-28/h6-8,13,17H,5,9-12,14-16H2,1-4H3,(H2,24,25,26). The molecule has 2 heterocycles. The molecule has 0 saturated carbocycles. The number of hydrogen-bond acceptors (Lipinski definition) is 4. The summed E-state index contributed by atoms with van der Waals surface area (Å²) in [4.78, 5) is 11.7. The van der Waals surface area contributed by atoms with Crippen molar-refractivity contribution in [3.8, 4) is 0 Å². The number of guanidine groups is 1. The van der Waals surface area contributed by atoms with E-state index in [1.54, 1.807) is 0 Å². The van der Waals surface area contributed by atoms with E-state index in [0.717, 1.165) is 36.4 Å². The summed E-state index contributed by atoms with van der Waals surface area (Å²) in [6.07, 6.45) is 2.62. The molecule has 1 aliphatic heterocycles. The van der Waals surface area contributed by atoms with E-state index in [4.69, 9.17) is 9.41 Å². The van der Waals surface area contributed by atoms with Crippen LogP contribution in [0.3, 0.4) is 0 Å².